The van der Waals surface area contributed by atoms with Crippen molar-refractivity contribution in [3.05, 3.63) is 18.2 Å². The summed E-state index contributed by atoms with van der Waals surface area (Å²) in [4.78, 5) is 6.75. The van der Waals surface area contributed by atoms with Crippen LogP contribution in [0.25, 0.3) is 0 Å². The molecule has 1 saturated carbocycles. The van der Waals surface area contributed by atoms with E-state index in [0.717, 1.165) is 36.5 Å². The van der Waals surface area contributed by atoms with E-state index < -0.39 is 0 Å². The van der Waals surface area contributed by atoms with Crippen LogP contribution in [-0.4, -0.2) is 57.8 Å². The van der Waals surface area contributed by atoms with Crippen LogP contribution in [0.2, 0.25) is 0 Å². The smallest absolute Gasteiger partial charge is 0.195 e. The number of likely N-dealkylation sites (N-methyl/N-ethyl adjacent to an activating group) is 1. The van der Waals surface area contributed by atoms with Crippen molar-refractivity contribution in [3.63, 3.8) is 0 Å². The minimum Gasteiger partial charge on any atom is -0.493 e. The summed E-state index contributed by atoms with van der Waals surface area (Å²) >= 11 is 0. The Kier molecular flexibility index (Phi) is 7.85. The summed E-state index contributed by atoms with van der Waals surface area (Å²) < 4.78 is 10.9. The summed E-state index contributed by atoms with van der Waals surface area (Å²) in [6, 6.07) is 6.53. The highest BCUT2D eigenvalue weighted by molar-refractivity contribution is 5.93. The Morgan fingerprint density at radius 1 is 1.28 bits per heavy atom. The third kappa shape index (κ3) is 5.81. The third-order valence-corrected chi connectivity index (χ3v) is 4.65. The largest absolute Gasteiger partial charge is 0.493 e. The fourth-order valence-corrected chi connectivity index (χ4v) is 3.21. The lowest BCUT2D eigenvalue weighted by molar-refractivity contribution is 0.249. The van der Waals surface area contributed by atoms with Gasteiger partial charge in [0, 0.05) is 37.9 Å². The van der Waals surface area contributed by atoms with Gasteiger partial charge in [0.2, 0.25) is 0 Å². The van der Waals surface area contributed by atoms with Crippen molar-refractivity contribution in [2.24, 2.45) is 4.99 Å². The van der Waals surface area contributed by atoms with Crippen molar-refractivity contribution in [1.29, 1.82) is 0 Å². The molecule has 0 amide bonds. The predicted molar refractivity (Wildman–Crippen MR) is 104 cm³/mol. The van der Waals surface area contributed by atoms with E-state index in [1.165, 1.54) is 25.7 Å². The Hall–Kier alpha value is -1.95. The molecule has 1 aliphatic rings. The highest BCUT2D eigenvalue weighted by atomic mass is 16.5. The molecule has 1 aromatic rings. The van der Waals surface area contributed by atoms with E-state index in [-0.39, 0.29) is 0 Å². The molecule has 0 radical (unpaired) electrons. The van der Waals surface area contributed by atoms with Gasteiger partial charge in [0.05, 0.1) is 13.7 Å². The van der Waals surface area contributed by atoms with Crippen molar-refractivity contribution < 1.29 is 9.47 Å². The van der Waals surface area contributed by atoms with Crippen LogP contribution >= 0.6 is 0 Å². The van der Waals surface area contributed by atoms with Crippen LogP contribution in [0, 0.1) is 0 Å². The summed E-state index contributed by atoms with van der Waals surface area (Å²) in [5.41, 5.74) is 0.914. The van der Waals surface area contributed by atoms with Crippen molar-refractivity contribution in [1.82, 2.24) is 10.2 Å². The van der Waals surface area contributed by atoms with Crippen LogP contribution in [0.4, 0.5) is 5.69 Å². The van der Waals surface area contributed by atoms with Gasteiger partial charge in [-0.15, -0.1) is 0 Å². The molecule has 0 bridgehead atoms. The molecule has 2 rings (SSSR count). The first kappa shape index (κ1) is 19.4. The highest BCUT2D eigenvalue weighted by Gasteiger charge is 2.18. The fourth-order valence-electron chi connectivity index (χ4n) is 3.21. The second-order valence-corrected chi connectivity index (χ2v) is 6.34. The number of hydrogen-bond acceptors (Lipinski definition) is 4. The van der Waals surface area contributed by atoms with Crippen molar-refractivity contribution >= 4 is 11.6 Å². The van der Waals surface area contributed by atoms with E-state index in [4.69, 9.17) is 9.47 Å². The average molecular weight is 348 g/mol. The van der Waals surface area contributed by atoms with Crippen molar-refractivity contribution in [2.75, 3.05) is 46.2 Å². The summed E-state index contributed by atoms with van der Waals surface area (Å²) in [5.74, 6) is 2.21. The predicted octanol–water partition coefficient (Wildman–Crippen LogP) is 2.96. The van der Waals surface area contributed by atoms with Gasteiger partial charge in [-0.1, -0.05) is 12.8 Å². The fraction of sp³-hybridized carbons (Fsp3) is 0.632. The molecule has 0 spiro atoms. The van der Waals surface area contributed by atoms with Gasteiger partial charge in [-0.3, -0.25) is 4.99 Å². The number of anilines is 1. The zero-order chi connectivity index (χ0) is 18.1. The standard InChI is InChI=1S/C19H32N4O2/c1-5-25-17-11-10-15(14-18(17)24-4)22-19(20-2)21-12-13-23(3)16-8-6-7-9-16/h10-11,14,16H,5-9,12-13H2,1-4H3,(H2,20,21,22). The van der Waals surface area contributed by atoms with Gasteiger partial charge in [-0.2, -0.15) is 0 Å². The maximum Gasteiger partial charge on any atom is 0.195 e. The molecular weight excluding hydrogens is 316 g/mol. The van der Waals surface area contributed by atoms with Crippen LogP contribution in [0.5, 0.6) is 11.5 Å². The molecule has 6 nitrogen and oxygen atoms in total. The number of nitrogens with one attached hydrogen (secondary N) is 2. The van der Waals surface area contributed by atoms with Crippen molar-refractivity contribution in [2.45, 2.75) is 38.6 Å². The Morgan fingerprint density at radius 2 is 2.04 bits per heavy atom. The SMILES string of the molecule is CCOc1ccc(NC(=NC)NCCN(C)C2CCCC2)cc1OC. The molecule has 25 heavy (non-hydrogen) atoms. The van der Waals surface area contributed by atoms with Gasteiger partial charge in [0.15, 0.2) is 17.5 Å². The minimum atomic E-state index is 0.612. The van der Waals surface area contributed by atoms with E-state index in [0.29, 0.717) is 12.4 Å². The van der Waals surface area contributed by atoms with Gasteiger partial charge in [0.1, 0.15) is 0 Å². The number of guanidine groups is 1. The quantitative estimate of drug-likeness (QED) is 0.559. The zero-order valence-corrected chi connectivity index (χ0v) is 16.0. The topological polar surface area (TPSA) is 58.1 Å². The van der Waals surface area contributed by atoms with Gasteiger partial charge in [-0.05, 0) is 38.9 Å². The first-order valence-corrected chi connectivity index (χ1v) is 9.16. The number of ether oxygens (including phenoxy) is 2. The lowest BCUT2D eigenvalue weighted by Gasteiger charge is -2.24. The maximum atomic E-state index is 5.55. The van der Waals surface area contributed by atoms with Gasteiger partial charge in [-0.25, -0.2) is 0 Å². The maximum absolute atomic E-state index is 5.55. The Balaban J connectivity index is 1.84. The molecule has 0 aliphatic heterocycles. The summed E-state index contributed by atoms with van der Waals surface area (Å²) in [7, 11) is 5.64. The number of methoxy groups -OCH3 is 1. The number of nitrogens with zero attached hydrogens (tertiary/aromatic N) is 2. The second-order valence-electron chi connectivity index (χ2n) is 6.34. The molecule has 2 N–H and O–H groups in total. The first-order chi connectivity index (χ1) is 12.2. The van der Waals surface area contributed by atoms with Crippen LogP contribution < -0.4 is 20.1 Å². The van der Waals surface area contributed by atoms with E-state index in [9.17, 15) is 0 Å². The van der Waals surface area contributed by atoms with Crippen molar-refractivity contribution in [3.8, 4) is 11.5 Å². The van der Waals surface area contributed by atoms with Crippen LogP contribution in [0.3, 0.4) is 0 Å². The van der Waals surface area contributed by atoms with Crippen LogP contribution in [-0.2, 0) is 0 Å². The van der Waals surface area contributed by atoms with Gasteiger partial charge >= 0.3 is 0 Å². The first-order valence-electron chi connectivity index (χ1n) is 9.16. The molecule has 1 aliphatic carbocycles. The molecular formula is C19H32N4O2. The van der Waals surface area contributed by atoms with E-state index in [1.54, 1.807) is 14.2 Å². The molecule has 1 fully saturated rings. The molecule has 0 saturated heterocycles. The highest BCUT2D eigenvalue weighted by Crippen LogP contribution is 2.30. The van der Waals surface area contributed by atoms with E-state index in [2.05, 4.69) is 27.6 Å². The van der Waals surface area contributed by atoms with E-state index in [1.807, 2.05) is 25.1 Å². The molecule has 140 valence electrons. The molecule has 0 heterocycles. The molecule has 0 atom stereocenters. The number of aliphatic imine (C=N–C) groups is 1. The normalized spacial score (nSPS) is 15.5. The summed E-state index contributed by atoms with van der Waals surface area (Å²) in [6.45, 7) is 4.44. The minimum absolute atomic E-state index is 0.612. The number of hydrogen-bond donors (Lipinski definition) is 2. The lowest BCUT2D eigenvalue weighted by atomic mass is 10.2. The van der Waals surface area contributed by atoms with Gasteiger partial charge < -0.3 is 25.0 Å². The van der Waals surface area contributed by atoms with Crippen LogP contribution in [0.15, 0.2) is 23.2 Å². The number of rotatable bonds is 8. The zero-order valence-electron chi connectivity index (χ0n) is 16.0. The number of benzene rings is 1. The Labute approximate surface area is 151 Å². The van der Waals surface area contributed by atoms with E-state index >= 15 is 0 Å². The summed E-state index contributed by atoms with van der Waals surface area (Å²) in [6.07, 6.45) is 5.39. The molecule has 1 aromatic carbocycles. The average Bonchev–Trinajstić information content (AvgIpc) is 3.16. The lowest BCUT2D eigenvalue weighted by Crippen LogP contribution is -2.39. The van der Waals surface area contributed by atoms with Crippen LogP contribution in [0.1, 0.15) is 32.6 Å². The third-order valence-electron chi connectivity index (χ3n) is 4.65. The molecule has 0 aromatic heterocycles. The Morgan fingerprint density at radius 3 is 2.68 bits per heavy atom. The summed E-state index contributed by atoms with van der Waals surface area (Å²) in [5, 5.41) is 6.68. The monoisotopic (exact) mass is 348 g/mol. The molecule has 6 heteroatoms. The Bertz CT molecular complexity index is 556. The second kappa shape index (κ2) is 10.1. The van der Waals surface area contributed by atoms with Gasteiger partial charge in [0.25, 0.3) is 0 Å². The molecule has 0 unspecified atom stereocenters.